The Kier molecular flexibility index (Phi) is 3.14. The molecule has 16 heavy (non-hydrogen) atoms. The van der Waals surface area contributed by atoms with Crippen molar-refractivity contribution in [2.75, 3.05) is 7.11 Å². The summed E-state index contributed by atoms with van der Waals surface area (Å²) in [5.74, 6) is 1.62. The molecule has 0 bridgehead atoms. The van der Waals surface area contributed by atoms with E-state index in [4.69, 9.17) is 4.74 Å². The number of rotatable bonds is 4. The molecule has 0 aliphatic carbocycles. The maximum Gasteiger partial charge on any atom is 0.174 e. The van der Waals surface area contributed by atoms with Gasteiger partial charge in [0.15, 0.2) is 5.82 Å². The SMILES string of the molecule is CCc1nnn(Cc2ccc(OC)cc2)n1. The van der Waals surface area contributed by atoms with Crippen LogP contribution in [-0.2, 0) is 13.0 Å². The van der Waals surface area contributed by atoms with Gasteiger partial charge in [0.05, 0.1) is 13.7 Å². The Morgan fingerprint density at radius 2 is 2.00 bits per heavy atom. The monoisotopic (exact) mass is 218 g/mol. The van der Waals surface area contributed by atoms with Crippen molar-refractivity contribution in [3.8, 4) is 5.75 Å². The Bertz CT molecular complexity index is 449. The van der Waals surface area contributed by atoms with Gasteiger partial charge in [-0.15, -0.1) is 10.2 Å². The molecule has 0 amide bonds. The second-order valence-electron chi connectivity index (χ2n) is 3.44. The van der Waals surface area contributed by atoms with Crippen LogP contribution in [0.1, 0.15) is 18.3 Å². The third-order valence-electron chi connectivity index (χ3n) is 2.29. The van der Waals surface area contributed by atoms with Gasteiger partial charge in [-0.2, -0.15) is 4.80 Å². The summed E-state index contributed by atoms with van der Waals surface area (Å²) in [5, 5.41) is 12.1. The number of hydrogen-bond donors (Lipinski definition) is 0. The second kappa shape index (κ2) is 4.74. The summed E-state index contributed by atoms with van der Waals surface area (Å²) >= 11 is 0. The van der Waals surface area contributed by atoms with E-state index in [1.54, 1.807) is 11.9 Å². The Morgan fingerprint density at radius 3 is 2.56 bits per heavy atom. The molecule has 2 aromatic rings. The first-order valence-corrected chi connectivity index (χ1v) is 5.21. The number of tetrazole rings is 1. The van der Waals surface area contributed by atoms with Crippen molar-refractivity contribution in [2.24, 2.45) is 0 Å². The molecular weight excluding hydrogens is 204 g/mol. The van der Waals surface area contributed by atoms with Crippen LogP contribution in [0.15, 0.2) is 24.3 Å². The number of hydrogen-bond acceptors (Lipinski definition) is 4. The van der Waals surface area contributed by atoms with E-state index in [2.05, 4.69) is 15.4 Å². The standard InChI is InChI=1S/C11H14N4O/c1-3-11-12-14-15(13-11)8-9-4-6-10(16-2)7-5-9/h4-7H,3,8H2,1-2H3. The predicted octanol–water partition coefficient (Wildman–Crippen LogP) is 1.29. The van der Waals surface area contributed by atoms with Crippen molar-refractivity contribution in [3.63, 3.8) is 0 Å². The van der Waals surface area contributed by atoms with Crippen molar-refractivity contribution in [1.29, 1.82) is 0 Å². The van der Waals surface area contributed by atoms with Gasteiger partial charge in [0.2, 0.25) is 0 Å². The van der Waals surface area contributed by atoms with Crippen LogP contribution in [-0.4, -0.2) is 27.3 Å². The molecule has 0 fully saturated rings. The molecular formula is C11H14N4O. The van der Waals surface area contributed by atoms with E-state index in [0.29, 0.717) is 6.54 Å². The van der Waals surface area contributed by atoms with Crippen LogP contribution >= 0.6 is 0 Å². The molecule has 0 saturated carbocycles. The lowest BCUT2D eigenvalue weighted by Gasteiger charge is -2.01. The lowest BCUT2D eigenvalue weighted by atomic mass is 10.2. The molecule has 0 atom stereocenters. The summed E-state index contributed by atoms with van der Waals surface area (Å²) < 4.78 is 5.09. The largest absolute Gasteiger partial charge is 0.497 e. The highest BCUT2D eigenvalue weighted by Crippen LogP contribution is 2.11. The average molecular weight is 218 g/mol. The molecule has 1 heterocycles. The molecule has 1 aromatic heterocycles. The fourth-order valence-corrected chi connectivity index (χ4v) is 1.38. The predicted molar refractivity (Wildman–Crippen MR) is 59.3 cm³/mol. The number of aryl methyl sites for hydroxylation is 1. The summed E-state index contributed by atoms with van der Waals surface area (Å²) in [4.78, 5) is 1.60. The average Bonchev–Trinajstić information content (AvgIpc) is 2.78. The van der Waals surface area contributed by atoms with Gasteiger partial charge in [0.25, 0.3) is 0 Å². The zero-order valence-electron chi connectivity index (χ0n) is 9.42. The van der Waals surface area contributed by atoms with Crippen molar-refractivity contribution < 1.29 is 4.74 Å². The first-order chi connectivity index (χ1) is 7.81. The van der Waals surface area contributed by atoms with E-state index in [1.807, 2.05) is 31.2 Å². The molecule has 2 rings (SSSR count). The summed E-state index contributed by atoms with van der Waals surface area (Å²) in [6.07, 6.45) is 0.808. The molecule has 0 aliphatic rings. The van der Waals surface area contributed by atoms with Gasteiger partial charge in [-0.05, 0) is 22.9 Å². The fourth-order valence-electron chi connectivity index (χ4n) is 1.38. The molecule has 5 nitrogen and oxygen atoms in total. The van der Waals surface area contributed by atoms with E-state index in [1.165, 1.54) is 0 Å². The van der Waals surface area contributed by atoms with Gasteiger partial charge in [-0.1, -0.05) is 19.1 Å². The van der Waals surface area contributed by atoms with E-state index in [0.717, 1.165) is 23.6 Å². The van der Waals surface area contributed by atoms with Crippen molar-refractivity contribution in [1.82, 2.24) is 20.2 Å². The fraction of sp³-hybridized carbons (Fsp3) is 0.364. The van der Waals surface area contributed by atoms with Gasteiger partial charge < -0.3 is 4.74 Å². The van der Waals surface area contributed by atoms with Gasteiger partial charge in [-0.25, -0.2) is 0 Å². The van der Waals surface area contributed by atoms with Gasteiger partial charge in [-0.3, -0.25) is 0 Å². The van der Waals surface area contributed by atoms with Crippen LogP contribution in [0.3, 0.4) is 0 Å². The van der Waals surface area contributed by atoms with E-state index < -0.39 is 0 Å². The number of aromatic nitrogens is 4. The Balaban J connectivity index is 2.08. The number of ether oxygens (including phenoxy) is 1. The van der Waals surface area contributed by atoms with Crippen molar-refractivity contribution in [2.45, 2.75) is 19.9 Å². The third-order valence-corrected chi connectivity index (χ3v) is 2.29. The lowest BCUT2D eigenvalue weighted by Crippen LogP contribution is -2.04. The van der Waals surface area contributed by atoms with Crippen LogP contribution in [0.2, 0.25) is 0 Å². The molecule has 0 saturated heterocycles. The van der Waals surface area contributed by atoms with Crippen molar-refractivity contribution >= 4 is 0 Å². The van der Waals surface area contributed by atoms with Crippen molar-refractivity contribution in [3.05, 3.63) is 35.7 Å². The minimum Gasteiger partial charge on any atom is -0.497 e. The molecule has 0 radical (unpaired) electrons. The summed E-state index contributed by atoms with van der Waals surface area (Å²) in [5.41, 5.74) is 1.13. The summed E-state index contributed by atoms with van der Waals surface area (Å²) in [7, 11) is 1.65. The maximum absolute atomic E-state index is 5.09. The molecule has 84 valence electrons. The number of benzene rings is 1. The minimum absolute atomic E-state index is 0.636. The Hall–Kier alpha value is -1.91. The van der Waals surface area contributed by atoms with E-state index >= 15 is 0 Å². The quantitative estimate of drug-likeness (QED) is 0.776. The van der Waals surface area contributed by atoms with Crippen LogP contribution in [0.5, 0.6) is 5.75 Å². The maximum atomic E-state index is 5.09. The Labute approximate surface area is 94.0 Å². The normalized spacial score (nSPS) is 10.4. The number of methoxy groups -OCH3 is 1. The molecule has 0 aliphatic heterocycles. The van der Waals surface area contributed by atoms with Gasteiger partial charge in [0, 0.05) is 6.42 Å². The number of nitrogens with zero attached hydrogens (tertiary/aromatic N) is 4. The summed E-state index contributed by atoms with van der Waals surface area (Å²) in [6.45, 7) is 2.64. The zero-order valence-corrected chi connectivity index (χ0v) is 9.42. The molecule has 1 aromatic carbocycles. The molecule has 0 spiro atoms. The molecule has 5 heteroatoms. The zero-order chi connectivity index (χ0) is 11.4. The first kappa shape index (κ1) is 10.6. The van der Waals surface area contributed by atoms with Crippen LogP contribution < -0.4 is 4.74 Å². The van der Waals surface area contributed by atoms with Crippen LogP contribution in [0, 0.1) is 0 Å². The second-order valence-corrected chi connectivity index (χ2v) is 3.44. The van der Waals surface area contributed by atoms with E-state index in [-0.39, 0.29) is 0 Å². The molecule has 0 N–H and O–H groups in total. The van der Waals surface area contributed by atoms with Crippen LogP contribution in [0.4, 0.5) is 0 Å². The minimum atomic E-state index is 0.636. The molecule has 0 unspecified atom stereocenters. The third kappa shape index (κ3) is 2.36. The Morgan fingerprint density at radius 1 is 1.25 bits per heavy atom. The summed E-state index contributed by atoms with van der Waals surface area (Å²) in [6, 6.07) is 7.83. The highest BCUT2D eigenvalue weighted by Gasteiger charge is 2.01. The highest BCUT2D eigenvalue weighted by molar-refractivity contribution is 5.26. The first-order valence-electron chi connectivity index (χ1n) is 5.21. The topological polar surface area (TPSA) is 52.8 Å². The smallest absolute Gasteiger partial charge is 0.174 e. The highest BCUT2D eigenvalue weighted by atomic mass is 16.5. The van der Waals surface area contributed by atoms with Gasteiger partial charge >= 0.3 is 0 Å². The van der Waals surface area contributed by atoms with E-state index in [9.17, 15) is 0 Å². The lowest BCUT2D eigenvalue weighted by molar-refractivity contribution is 0.414. The van der Waals surface area contributed by atoms with Gasteiger partial charge in [0.1, 0.15) is 5.75 Å². The van der Waals surface area contributed by atoms with Crippen LogP contribution in [0.25, 0.3) is 0 Å².